The van der Waals surface area contributed by atoms with Gasteiger partial charge in [0.2, 0.25) is 10.0 Å². The lowest BCUT2D eigenvalue weighted by atomic mass is 10.2. The first-order valence-corrected chi connectivity index (χ1v) is 13.9. The lowest BCUT2D eigenvalue weighted by Gasteiger charge is -2.25. The van der Waals surface area contributed by atoms with Gasteiger partial charge >= 0.3 is 0 Å². The molecule has 8 nitrogen and oxygen atoms in total. The molecule has 1 unspecified atom stereocenters. The number of halogens is 1. The molecule has 1 saturated heterocycles. The smallest absolute Gasteiger partial charge is 0.256 e. The molecule has 0 saturated carbocycles. The summed E-state index contributed by atoms with van der Waals surface area (Å²) >= 11 is 0. The Bertz CT molecular complexity index is 1360. The summed E-state index contributed by atoms with van der Waals surface area (Å²) in [5.41, 5.74) is 2.14. The number of carbonyl (C=O) groups is 1. The van der Waals surface area contributed by atoms with Gasteiger partial charge in [-0.25, -0.2) is 17.5 Å². The zero-order valence-corrected chi connectivity index (χ0v) is 19.9. The maximum atomic E-state index is 13.4. The molecule has 1 aromatic heterocycles. The van der Waals surface area contributed by atoms with Crippen molar-refractivity contribution >= 4 is 32.5 Å². The van der Waals surface area contributed by atoms with Crippen LogP contribution in [0, 0.1) is 5.82 Å². The van der Waals surface area contributed by atoms with Gasteiger partial charge in [0.1, 0.15) is 11.6 Å². The number of benzene rings is 2. The predicted molar refractivity (Wildman–Crippen MR) is 126 cm³/mol. The average Bonchev–Trinajstić information content (AvgIpc) is 3.37. The fraction of sp³-hybridized carbons (Fsp3) is 0.304. The zero-order valence-electron chi connectivity index (χ0n) is 18.2. The van der Waals surface area contributed by atoms with Gasteiger partial charge in [-0.15, -0.1) is 0 Å². The molecule has 3 heterocycles. The summed E-state index contributed by atoms with van der Waals surface area (Å²) in [6.45, 7) is 1.01. The van der Waals surface area contributed by atoms with Crippen molar-refractivity contribution < 1.29 is 21.8 Å². The maximum absolute atomic E-state index is 13.4. The van der Waals surface area contributed by atoms with E-state index in [0.29, 0.717) is 35.9 Å². The number of hydrogen-bond acceptors (Lipinski definition) is 5. The van der Waals surface area contributed by atoms with Gasteiger partial charge in [-0.3, -0.25) is 9.00 Å². The Morgan fingerprint density at radius 1 is 0.971 bits per heavy atom. The van der Waals surface area contributed by atoms with E-state index >= 15 is 0 Å². The van der Waals surface area contributed by atoms with Gasteiger partial charge < -0.3 is 5.32 Å². The standard InChI is InChI=1S/C23H23FN4O4S2/c24-17-6-8-18(9-7-17)28-22(20-14-33(30)15-21(20)26-28)25-23(29)16-4-10-19(11-5-16)34(31,32)27-12-2-1-3-13-27/h4-11H,1-3,12-15H2,(H,25,29). The third-order valence-corrected chi connectivity index (χ3v) is 9.16. The van der Waals surface area contributed by atoms with Gasteiger partial charge in [-0.05, 0) is 61.4 Å². The van der Waals surface area contributed by atoms with Crippen LogP contribution >= 0.6 is 0 Å². The van der Waals surface area contributed by atoms with Gasteiger partial charge in [0.15, 0.2) is 0 Å². The maximum Gasteiger partial charge on any atom is 0.256 e. The van der Waals surface area contributed by atoms with Crippen molar-refractivity contribution in [1.82, 2.24) is 14.1 Å². The van der Waals surface area contributed by atoms with E-state index < -0.39 is 32.5 Å². The normalized spacial score (nSPS) is 18.6. The topological polar surface area (TPSA) is 101 Å². The van der Waals surface area contributed by atoms with Gasteiger partial charge in [0, 0.05) is 35.0 Å². The first kappa shape index (κ1) is 22.9. The molecule has 0 spiro atoms. The number of carbonyl (C=O) groups excluding carboxylic acids is 1. The molecule has 0 bridgehead atoms. The summed E-state index contributed by atoms with van der Waals surface area (Å²) in [5.74, 6) is 0.0806. The highest BCUT2D eigenvalue weighted by Gasteiger charge is 2.29. The van der Waals surface area contributed by atoms with E-state index in [9.17, 15) is 21.8 Å². The van der Waals surface area contributed by atoms with Gasteiger partial charge in [0.05, 0.1) is 27.8 Å². The minimum atomic E-state index is -3.59. The molecule has 1 atom stereocenters. The fourth-order valence-corrected chi connectivity index (χ4v) is 7.02. The second kappa shape index (κ2) is 9.05. The summed E-state index contributed by atoms with van der Waals surface area (Å²) in [5, 5.41) is 7.32. The second-order valence-corrected chi connectivity index (χ2v) is 11.7. The number of amides is 1. The number of fused-ring (bicyclic) bond motifs is 1. The Hall–Kier alpha value is -2.89. The predicted octanol–water partition coefficient (Wildman–Crippen LogP) is 3.20. The van der Waals surface area contributed by atoms with Crippen LogP contribution in [0.5, 0.6) is 0 Å². The Kier molecular flexibility index (Phi) is 6.09. The highest BCUT2D eigenvalue weighted by Crippen LogP contribution is 2.32. The first-order chi connectivity index (χ1) is 16.3. The van der Waals surface area contributed by atoms with Gasteiger partial charge in [-0.2, -0.15) is 9.40 Å². The van der Waals surface area contributed by atoms with Crippen LogP contribution < -0.4 is 5.32 Å². The van der Waals surface area contributed by atoms with Crippen LogP contribution in [0.25, 0.3) is 5.69 Å². The molecule has 1 amide bonds. The molecule has 2 aliphatic rings. The molecular formula is C23H23FN4O4S2. The van der Waals surface area contributed by atoms with E-state index in [1.54, 1.807) is 12.1 Å². The number of nitrogens with one attached hydrogen (secondary N) is 1. The molecular weight excluding hydrogens is 479 g/mol. The fourth-order valence-electron chi connectivity index (χ4n) is 4.24. The Morgan fingerprint density at radius 2 is 1.65 bits per heavy atom. The third kappa shape index (κ3) is 4.30. The van der Waals surface area contributed by atoms with Crippen molar-refractivity contribution in [3.8, 4) is 5.69 Å². The van der Waals surface area contributed by atoms with Crippen molar-refractivity contribution in [1.29, 1.82) is 0 Å². The lowest BCUT2D eigenvalue weighted by molar-refractivity contribution is 0.102. The lowest BCUT2D eigenvalue weighted by Crippen LogP contribution is -2.35. The number of anilines is 1. The highest BCUT2D eigenvalue weighted by molar-refractivity contribution is 7.89. The monoisotopic (exact) mass is 502 g/mol. The number of sulfonamides is 1. The van der Waals surface area contributed by atoms with Crippen molar-refractivity contribution in [2.45, 2.75) is 35.7 Å². The van der Waals surface area contributed by atoms with Gasteiger partial charge in [0.25, 0.3) is 5.91 Å². The Labute approximate surface area is 199 Å². The summed E-state index contributed by atoms with van der Waals surface area (Å²) in [4.78, 5) is 13.2. The van der Waals surface area contributed by atoms with Gasteiger partial charge in [-0.1, -0.05) is 6.42 Å². The Morgan fingerprint density at radius 3 is 2.32 bits per heavy atom. The molecule has 3 aromatic rings. The molecule has 178 valence electrons. The summed E-state index contributed by atoms with van der Waals surface area (Å²) in [7, 11) is -4.69. The van der Waals surface area contributed by atoms with E-state index in [-0.39, 0.29) is 22.0 Å². The van der Waals surface area contributed by atoms with E-state index in [1.807, 2.05) is 0 Å². The summed E-state index contributed by atoms with van der Waals surface area (Å²) in [6, 6.07) is 11.5. The van der Waals surface area contributed by atoms with E-state index in [1.165, 1.54) is 45.4 Å². The molecule has 0 radical (unpaired) electrons. The number of hydrogen-bond donors (Lipinski definition) is 1. The van der Waals surface area contributed by atoms with Crippen LogP contribution in [-0.2, 0) is 32.3 Å². The van der Waals surface area contributed by atoms with Crippen LogP contribution in [0.3, 0.4) is 0 Å². The summed E-state index contributed by atoms with van der Waals surface area (Å²) in [6.07, 6.45) is 2.71. The number of rotatable bonds is 5. The average molecular weight is 503 g/mol. The molecule has 0 aliphatic carbocycles. The van der Waals surface area contributed by atoms with Crippen molar-refractivity contribution in [3.05, 3.63) is 71.2 Å². The van der Waals surface area contributed by atoms with Crippen LogP contribution in [0.15, 0.2) is 53.4 Å². The highest BCUT2D eigenvalue weighted by atomic mass is 32.2. The van der Waals surface area contributed by atoms with Crippen LogP contribution in [-0.4, -0.2) is 45.7 Å². The van der Waals surface area contributed by atoms with E-state index in [2.05, 4.69) is 10.4 Å². The van der Waals surface area contributed by atoms with Crippen molar-refractivity contribution in [3.63, 3.8) is 0 Å². The van der Waals surface area contributed by atoms with Crippen LogP contribution in [0.4, 0.5) is 10.2 Å². The molecule has 2 aliphatic heterocycles. The van der Waals surface area contributed by atoms with E-state index in [0.717, 1.165) is 19.3 Å². The third-order valence-electron chi connectivity index (χ3n) is 6.04. The van der Waals surface area contributed by atoms with Crippen molar-refractivity contribution in [2.24, 2.45) is 0 Å². The first-order valence-electron chi connectivity index (χ1n) is 11.0. The molecule has 2 aromatic carbocycles. The second-order valence-electron chi connectivity index (χ2n) is 8.33. The minimum absolute atomic E-state index is 0.151. The van der Waals surface area contributed by atoms with Crippen LogP contribution in [0.1, 0.15) is 40.9 Å². The summed E-state index contributed by atoms with van der Waals surface area (Å²) < 4.78 is 54.2. The SMILES string of the molecule is O=C(Nc1c2c(nn1-c1ccc(F)cc1)CS(=O)C2)c1ccc(S(=O)(=O)N2CCCCC2)cc1. The number of aromatic nitrogens is 2. The molecule has 1 fully saturated rings. The molecule has 11 heteroatoms. The van der Waals surface area contributed by atoms with E-state index in [4.69, 9.17) is 0 Å². The van der Waals surface area contributed by atoms with Crippen molar-refractivity contribution in [2.75, 3.05) is 18.4 Å². The largest absolute Gasteiger partial charge is 0.306 e. The van der Waals surface area contributed by atoms with Crippen LogP contribution in [0.2, 0.25) is 0 Å². The molecule has 34 heavy (non-hydrogen) atoms. The quantitative estimate of drug-likeness (QED) is 0.577. The molecule has 5 rings (SSSR count). The Balaban J connectivity index is 1.41. The molecule has 1 N–H and O–H groups in total. The minimum Gasteiger partial charge on any atom is -0.306 e. The number of piperidine rings is 1. The zero-order chi connectivity index (χ0) is 23.9. The number of nitrogens with zero attached hydrogens (tertiary/aromatic N) is 3.